The van der Waals surface area contributed by atoms with Gasteiger partial charge in [-0.25, -0.2) is 8.42 Å². The Labute approximate surface area is 143 Å². The normalized spacial score (nSPS) is 18.4. The SMILES string of the molecule is Cl.NCC(=O)N1CCN(S(=O)(=O)c2ccc3c(c2)CCC3)CC1. The van der Waals surface area contributed by atoms with Crippen LogP contribution in [0, 0.1) is 0 Å². The largest absolute Gasteiger partial charge is 0.339 e. The van der Waals surface area contributed by atoms with Gasteiger partial charge in [-0.2, -0.15) is 4.31 Å². The smallest absolute Gasteiger partial charge is 0.243 e. The molecule has 1 heterocycles. The van der Waals surface area contributed by atoms with Crippen molar-refractivity contribution in [1.29, 1.82) is 0 Å². The number of carbonyl (C=O) groups is 1. The predicted octanol–water partition coefficient (Wildman–Crippen LogP) is 0.389. The Morgan fingerprint density at radius 3 is 2.39 bits per heavy atom. The number of aryl methyl sites for hydroxylation is 2. The van der Waals surface area contributed by atoms with Crippen LogP contribution >= 0.6 is 12.4 Å². The van der Waals surface area contributed by atoms with Gasteiger partial charge in [-0.1, -0.05) is 6.07 Å². The number of hydrogen-bond donors (Lipinski definition) is 1. The van der Waals surface area contributed by atoms with Gasteiger partial charge in [-0.15, -0.1) is 12.4 Å². The number of carbonyl (C=O) groups excluding carboxylic acids is 1. The van der Waals surface area contributed by atoms with Crippen LogP contribution in [-0.2, 0) is 27.7 Å². The molecule has 0 bridgehead atoms. The van der Waals surface area contributed by atoms with Crippen LogP contribution in [0.25, 0.3) is 0 Å². The zero-order chi connectivity index (χ0) is 15.7. The molecule has 128 valence electrons. The number of sulfonamides is 1. The summed E-state index contributed by atoms with van der Waals surface area (Å²) in [6.07, 6.45) is 3.09. The molecule has 23 heavy (non-hydrogen) atoms. The van der Waals surface area contributed by atoms with Crippen molar-refractivity contribution in [3.8, 4) is 0 Å². The Balaban J connectivity index is 0.00000192. The maximum absolute atomic E-state index is 12.7. The number of amides is 1. The minimum absolute atomic E-state index is 0. The van der Waals surface area contributed by atoms with E-state index in [1.165, 1.54) is 9.87 Å². The van der Waals surface area contributed by atoms with Gasteiger partial charge in [0.25, 0.3) is 0 Å². The first kappa shape index (κ1) is 18.2. The second-order valence-electron chi connectivity index (χ2n) is 5.77. The first-order valence-corrected chi connectivity index (χ1v) is 9.06. The standard InChI is InChI=1S/C15H21N3O3S.ClH/c16-11-15(19)17-6-8-18(9-7-17)22(20,21)14-5-4-12-2-1-3-13(12)10-14;/h4-5,10H,1-3,6-9,11,16H2;1H. The molecule has 1 aliphatic heterocycles. The van der Waals surface area contributed by atoms with Gasteiger partial charge >= 0.3 is 0 Å². The molecule has 1 saturated heterocycles. The number of rotatable bonds is 3. The molecule has 2 aliphatic rings. The van der Waals surface area contributed by atoms with E-state index in [4.69, 9.17) is 5.73 Å². The van der Waals surface area contributed by atoms with Crippen molar-refractivity contribution in [2.75, 3.05) is 32.7 Å². The van der Waals surface area contributed by atoms with E-state index in [0.717, 1.165) is 24.8 Å². The first-order chi connectivity index (χ1) is 10.5. The second kappa shape index (κ2) is 7.17. The third kappa shape index (κ3) is 3.52. The number of fused-ring (bicyclic) bond motifs is 1. The monoisotopic (exact) mass is 359 g/mol. The Bertz CT molecular complexity index is 685. The number of halogens is 1. The lowest BCUT2D eigenvalue weighted by atomic mass is 10.1. The molecule has 1 aromatic rings. The highest BCUT2D eigenvalue weighted by Crippen LogP contribution is 2.26. The summed E-state index contributed by atoms with van der Waals surface area (Å²) in [7, 11) is -3.48. The van der Waals surface area contributed by atoms with E-state index in [2.05, 4.69) is 0 Å². The Hall–Kier alpha value is -1.15. The molecule has 0 saturated carbocycles. The summed E-state index contributed by atoms with van der Waals surface area (Å²) in [5, 5.41) is 0. The molecular formula is C15H22ClN3O3S. The maximum Gasteiger partial charge on any atom is 0.243 e. The maximum atomic E-state index is 12.7. The van der Waals surface area contributed by atoms with E-state index in [0.29, 0.717) is 31.1 Å². The van der Waals surface area contributed by atoms with E-state index in [9.17, 15) is 13.2 Å². The fourth-order valence-electron chi connectivity index (χ4n) is 3.16. The van der Waals surface area contributed by atoms with Gasteiger partial charge in [0.15, 0.2) is 0 Å². The molecule has 1 fully saturated rings. The van der Waals surface area contributed by atoms with E-state index < -0.39 is 10.0 Å². The van der Waals surface area contributed by atoms with Gasteiger partial charge < -0.3 is 10.6 Å². The molecule has 1 aliphatic carbocycles. The van der Waals surface area contributed by atoms with Crippen molar-refractivity contribution in [1.82, 2.24) is 9.21 Å². The minimum atomic E-state index is -3.48. The molecule has 3 rings (SSSR count). The van der Waals surface area contributed by atoms with Crippen LogP contribution < -0.4 is 5.73 Å². The van der Waals surface area contributed by atoms with Crippen LogP contribution in [-0.4, -0.2) is 56.3 Å². The van der Waals surface area contributed by atoms with Crippen molar-refractivity contribution in [2.24, 2.45) is 5.73 Å². The highest BCUT2D eigenvalue weighted by Gasteiger charge is 2.30. The molecular weight excluding hydrogens is 338 g/mol. The lowest BCUT2D eigenvalue weighted by molar-refractivity contribution is -0.130. The second-order valence-corrected chi connectivity index (χ2v) is 7.71. The summed E-state index contributed by atoms with van der Waals surface area (Å²) in [6.45, 7) is 1.42. The number of nitrogens with two attached hydrogens (primary N) is 1. The molecule has 0 radical (unpaired) electrons. The Morgan fingerprint density at radius 2 is 1.74 bits per heavy atom. The van der Waals surface area contributed by atoms with Crippen molar-refractivity contribution >= 4 is 28.3 Å². The average molecular weight is 360 g/mol. The molecule has 2 N–H and O–H groups in total. The van der Waals surface area contributed by atoms with E-state index >= 15 is 0 Å². The fourth-order valence-corrected chi connectivity index (χ4v) is 4.64. The van der Waals surface area contributed by atoms with E-state index in [1.807, 2.05) is 12.1 Å². The van der Waals surface area contributed by atoms with Gasteiger partial charge in [-0.3, -0.25) is 4.79 Å². The van der Waals surface area contributed by atoms with Crippen LogP contribution in [0.4, 0.5) is 0 Å². The number of piperazine rings is 1. The summed E-state index contributed by atoms with van der Waals surface area (Å²) in [6, 6.07) is 5.45. The van der Waals surface area contributed by atoms with Crippen molar-refractivity contribution in [3.63, 3.8) is 0 Å². The molecule has 0 unspecified atom stereocenters. The van der Waals surface area contributed by atoms with Gasteiger partial charge in [0.1, 0.15) is 0 Å². The van der Waals surface area contributed by atoms with Crippen molar-refractivity contribution < 1.29 is 13.2 Å². The van der Waals surface area contributed by atoms with Crippen LogP contribution in [0.15, 0.2) is 23.1 Å². The van der Waals surface area contributed by atoms with Gasteiger partial charge in [0.05, 0.1) is 11.4 Å². The predicted molar refractivity (Wildman–Crippen MR) is 90.1 cm³/mol. The summed E-state index contributed by atoms with van der Waals surface area (Å²) >= 11 is 0. The highest BCUT2D eigenvalue weighted by atomic mass is 35.5. The quantitative estimate of drug-likeness (QED) is 0.846. The Morgan fingerprint density at radius 1 is 1.09 bits per heavy atom. The Kier molecular flexibility index (Phi) is 5.67. The third-order valence-corrected chi connectivity index (χ3v) is 6.37. The summed E-state index contributed by atoms with van der Waals surface area (Å²) in [4.78, 5) is 13.5. The molecule has 0 aromatic heterocycles. The summed E-state index contributed by atoms with van der Waals surface area (Å²) in [5.74, 6) is -0.130. The zero-order valence-electron chi connectivity index (χ0n) is 12.9. The van der Waals surface area contributed by atoms with Crippen molar-refractivity contribution in [3.05, 3.63) is 29.3 Å². The van der Waals surface area contributed by atoms with Gasteiger partial charge in [0.2, 0.25) is 15.9 Å². The average Bonchev–Trinajstić information content (AvgIpc) is 3.01. The fraction of sp³-hybridized carbons (Fsp3) is 0.533. The molecule has 8 heteroatoms. The molecule has 0 spiro atoms. The molecule has 1 amide bonds. The van der Waals surface area contributed by atoms with Crippen LogP contribution in [0.1, 0.15) is 17.5 Å². The van der Waals surface area contributed by atoms with Crippen LogP contribution in [0.5, 0.6) is 0 Å². The van der Waals surface area contributed by atoms with Crippen LogP contribution in [0.2, 0.25) is 0 Å². The van der Waals surface area contributed by atoms with Crippen LogP contribution in [0.3, 0.4) is 0 Å². The first-order valence-electron chi connectivity index (χ1n) is 7.62. The van der Waals surface area contributed by atoms with Crippen molar-refractivity contribution in [2.45, 2.75) is 24.2 Å². The topological polar surface area (TPSA) is 83.7 Å². The van der Waals surface area contributed by atoms with Gasteiger partial charge in [0, 0.05) is 26.2 Å². The third-order valence-electron chi connectivity index (χ3n) is 4.47. The molecule has 0 atom stereocenters. The highest BCUT2D eigenvalue weighted by molar-refractivity contribution is 7.89. The summed E-state index contributed by atoms with van der Waals surface area (Å²) < 4.78 is 26.9. The number of benzene rings is 1. The summed E-state index contributed by atoms with van der Waals surface area (Å²) in [5.41, 5.74) is 7.76. The molecule has 6 nitrogen and oxygen atoms in total. The van der Waals surface area contributed by atoms with E-state index in [-0.39, 0.29) is 24.9 Å². The number of nitrogens with zero attached hydrogens (tertiary/aromatic N) is 2. The lowest BCUT2D eigenvalue weighted by Gasteiger charge is -2.33. The lowest BCUT2D eigenvalue weighted by Crippen LogP contribution is -2.51. The molecule has 1 aromatic carbocycles. The minimum Gasteiger partial charge on any atom is -0.339 e. The number of hydrogen-bond acceptors (Lipinski definition) is 4. The zero-order valence-corrected chi connectivity index (χ0v) is 14.5. The van der Waals surface area contributed by atoms with Gasteiger partial charge in [-0.05, 0) is 42.5 Å². The van der Waals surface area contributed by atoms with E-state index in [1.54, 1.807) is 11.0 Å².